The van der Waals surface area contributed by atoms with Crippen molar-refractivity contribution in [1.29, 1.82) is 0 Å². The van der Waals surface area contributed by atoms with Gasteiger partial charge in [-0.15, -0.1) is 12.1 Å². The number of carboxylic acid groups (broad SMARTS) is 1. The number of rotatable bonds is 3. The van der Waals surface area contributed by atoms with E-state index in [9.17, 15) is 13.6 Å². The van der Waals surface area contributed by atoms with Crippen LogP contribution in [0.3, 0.4) is 0 Å². The van der Waals surface area contributed by atoms with E-state index in [0.717, 1.165) is 23.2 Å². The summed E-state index contributed by atoms with van der Waals surface area (Å²) in [4.78, 5) is 20.7. The summed E-state index contributed by atoms with van der Waals surface area (Å²) in [5, 5.41) is 9.69. The Morgan fingerprint density at radius 2 is 1.77 bits per heavy atom. The van der Waals surface area contributed by atoms with Gasteiger partial charge in [0.25, 0.3) is 0 Å². The summed E-state index contributed by atoms with van der Waals surface area (Å²) in [5.74, 6) is -2.24. The van der Waals surface area contributed by atoms with Gasteiger partial charge in [0.05, 0.1) is 11.1 Å². The first-order valence-corrected chi connectivity index (χ1v) is 8.94. The van der Waals surface area contributed by atoms with Crippen LogP contribution in [0.25, 0.3) is 22.2 Å². The molecule has 0 bridgehead atoms. The molecule has 0 unspecified atom stereocenters. The van der Waals surface area contributed by atoms with E-state index in [0.29, 0.717) is 11.2 Å². The zero-order valence-electron chi connectivity index (χ0n) is 16.6. The number of halogens is 2. The summed E-state index contributed by atoms with van der Waals surface area (Å²) >= 11 is 0. The first-order chi connectivity index (χ1) is 14.4. The van der Waals surface area contributed by atoms with Crippen molar-refractivity contribution in [2.24, 2.45) is 0 Å². The molecule has 8 heteroatoms. The van der Waals surface area contributed by atoms with Gasteiger partial charge in [-0.3, -0.25) is 13.8 Å². The number of para-hydroxylation sites is 1. The van der Waals surface area contributed by atoms with Gasteiger partial charge in [-0.25, -0.2) is 4.79 Å². The minimum atomic E-state index is -0.940. The first kappa shape index (κ1) is 24.1. The monoisotopic (exact) mass is 599 g/mol. The largest absolute Gasteiger partial charge is 0.478 e. The van der Waals surface area contributed by atoms with Crippen LogP contribution in [-0.2, 0) is 20.1 Å². The van der Waals surface area contributed by atoms with Crippen molar-refractivity contribution >= 4 is 22.6 Å². The van der Waals surface area contributed by atoms with Crippen molar-refractivity contribution in [2.45, 2.75) is 0 Å². The topological polar surface area (TPSA) is 66.3 Å². The van der Waals surface area contributed by atoms with Crippen molar-refractivity contribution in [3.05, 3.63) is 90.3 Å². The number of anilines is 1. The third kappa shape index (κ3) is 5.90. The van der Waals surface area contributed by atoms with Crippen molar-refractivity contribution in [3.8, 4) is 11.3 Å². The van der Waals surface area contributed by atoms with Gasteiger partial charge >= 0.3 is 5.97 Å². The number of aromatic nitrogens is 2. The molecule has 4 aromatic rings. The van der Waals surface area contributed by atoms with Crippen LogP contribution in [0.1, 0.15) is 10.4 Å². The molecule has 4 rings (SSSR count). The van der Waals surface area contributed by atoms with E-state index in [-0.39, 0.29) is 31.2 Å². The maximum atomic E-state index is 13.5. The van der Waals surface area contributed by atoms with Crippen LogP contribution >= 0.6 is 0 Å². The van der Waals surface area contributed by atoms with Crippen LogP contribution in [0, 0.1) is 17.7 Å². The van der Waals surface area contributed by atoms with Crippen LogP contribution in [0.4, 0.5) is 14.5 Å². The van der Waals surface area contributed by atoms with E-state index in [1.54, 1.807) is 36.7 Å². The molecule has 31 heavy (non-hydrogen) atoms. The smallest absolute Gasteiger partial charge is 0.337 e. The van der Waals surface area contributed by atoms with Gasteiger partial charge in [0.2, 0.25) is 0 Å². The van der Waals surface area contributed by atoms with Crippen LogP contribution < -0.4 is 4.90 Å². The Balaban J connectivity index is 0.000000220. The van der Waals surface area contributed by atoms with Crippen LogP contribution in [0.15, 0.2) is 67.0 Å². The molecule has 1 radical (unpaired) electrons. The van der Waals surface area contributed by atoms with Crippen molar-refractivity contribution in [3.63, 3.8) is 0 Å². The first-order valence-electron chi connectivity index (χ1n) is 8.94. The molecule has 0 saturated heterocycles. The number of aromatic carboxylic acids is 1. The SMILES string of the molecule is CN(C)c1ccnc(-c2[c-]cc(F)cc2F)c1.O=C(O)c1cccc2cccnc12.[Ir]. The standard InChI is InChI=1S/C13H11F2N2.C10H7NO2.Ir/c1-17(2)10-5-6-16-13(8-10)11-4-3-9(14)7-12(11)15;12-10(13)8-5-1-3-7-4-2-6-11-9(7)8;/h3,5-8H,1-2H3;1-6H,(H,12,13);/q-1;;. The van der Waals surface area contributed by atoms with Crippen molar-refractivity contribution in [1.82, 2.24) is 9.97 Å². The molecular weight excluding hydrogens is 580 g/mol. The molecule has 0 amide bonds. The summed E-state index contributed by atoms with van der Waals surface area (Å²) in [6.45, 7) is 0. The van der Waals surface area contributed by atoms with Gasteiger partial charge in [0.15, 0.2) is 0 Å². The fraction of sp³-hybridized carbons (Fsp3) is 0.0870. The second-order valence-electron chi connectivity index (χ2n) is 6.52. The third-order valence-electron chi connectivity index (χ3n) is 4.24. The number of nitrogens with zero attached hydrogens (tertiary/aromatic N) is 3. The molecule has 0 atom stereocenters. The summed E-state index contributed by atoms with van der Waals surface area (Å²) in [6, 6.07) is 16.8. The number of carboxylic acids is 1. The molecule has 0 fully saturated rings. The Labute approximate surface area is 191 Å². The Morgan fingerprint density at radius 3 is 2.45 bits per heavy atom. The molecule has 0 saturated carbocycles. The van der Waals surface area contributed by atoms with Crippen molar-refractivity contribution in [2.75, 3.05) is 19.0 Å². The normalized spacial score (nSPS) is 9.94. The predicted octanol–water partition coefficient (Wildman–Crippen LogP) is 4.82. The maximum absolute atomic E-state index is 13.5. The molecule has 2 heterocycles. The van der Waals surface area contributed by atoms with Gasteiger partial charge in [-0.2, -0.15) is 0 Å². The van der Waals surface area contributed by atoms with Gasteiger partial charge in [0, 0.05) is 69.3 Å². The van der Waals surface area contributed by atoms with Crippen LogP contribution in [0.2, 0.25) is 0 Å². The van der Waals surface area contributed by atoms with Gasteiger partial charge in [-0.05, 0) is 23.9 Å². The van der Waals surface area contributed by atoms with Crippen molar-refractivity contribution < 1.29 is 38.8 Å². The maximum Gasteiger partial charge on any atom is 0.337 e. The fourth-order valence-corrected chi connectivity index (χ4v) is 2.75. The van der Waals surface area contributed by atoms with E-state index < -0.39 is 17.6 Å². The Bertz CT molecular complexity index is 1200. The third-order valence-corrected chi connectivity index (χ3v) is 4.24. The van der Waals surface area contributed by atoms with E-state index in [1.165, 1.54) is 0 Å². The molecule has 0 aliphatic heterocycles. The second kappa shape index (κ2) is 10.7. The van der Waals surface area contributed by atoms with Gasteiger partial charge in [0.1, 0.15) is 0 Å². The minimum Gasteiger partial charge on any atom is -0.478 e. The zero-order chi connectivity index (χ0) is 21.7. The Morgan fingerprint density at radius 1 is 1.03 bits per heavy atom. The molecule has 5 nitrogen and oxygen atoms in total. The second-order valence-corrected chi connectivity index (χ2v) is 6.52. The van der Waals surface area contributed by atoms with E-state index >= 15 is 0 Å². The molecule has 0 aliphatic carbocycles. The molecule has 1 N–H and O–H groups in total. The summed E-state index contributed by atoms with van der Waals surface area (Å²) in [7, 11) is 3.76. The van der Waals surface area contributed by atoms with Crippen LogP contribution in [-0.4, -0.2) is 35.1 Å². The molecule has 0 spiro atoms. The molecule has 2 aromatic heterocycles. The van der Waals surface area contributed by atoms with Gasteiger partial charge < -0.3 is 15.0 Å². The molecule has 161 valence electrons. The summed E-state index contributed by atoms with van der Waals surface area (Å²) in [6.07, 6.45) is 3.18. The Hall–Kier alpha value is -3.22. The predicted molar refractivity (Wildman–Crippen MR) is 111 cm³/mol. The number of carbonyl (C=O) groups is 1. The van der Waals surface area contributed by atoms with E-state index in [2.05, 4.69) is 16.0 Å². The average Bonchev–Trinajstić information content (AvgIpc) is 2.74. The summed E-state index contributed by atoms with van der Waals surface area (Å²) in [5.41, 5.74) is 2.30. The van der Waals surface area contributed by atoms with E-state index in [1.807, 2.05) is 37.2 Å². The Kier molecular flexibility index (Phi) is 8.30. The molecular formula is C23H18F2IrN3O2-. The van der Waals surface area contributed by atoms with Gasteiger partial charge in [-0.1, -0.05) is 35.9 Å². The summed E-state index contributed by atoms with van der Waals surface area (Å²) < 4.78 is 26.3. The van der Waals surface area contributed by atoms with Crippen LogP contribution in [0.5, 0.6) is 0 Å². The minimum absolute atomic E-state index is 0. The number of pyridine rings is 2. The number of hydrogen-bond acceptors (Lipinski definition) is 4. The molecule has 0 aliphatic rings. The average molecular weight is 599 g/mol. The van der Waals surface area contributed by atoms with E-state index in [4.69, 9.17) is 5.11 Å². The zero-order valence-corrected chi connectivity index (χ0v) is 19.0. The molecule has 2 aromatic carbocycles. The number of benzene rings is 2. The quantitative estimate of drug-likeness (QED) is 0.343. The number of hydrogen-bond donors (Lipinski definition) is 1. The number of fused-ring (bicyclic) bond motifs is 1. The fourth-order valence-electron chi connectivity index (χ4n) is 2.75.